The van der Waals surface area contributed by atoms with Crippen LogP contribution in [0.1, 0.15) is 69.8 Å². The smallest absolute Gasteiger partial charge is 0.407 e. The Morgan fingerprint density at radius 3 is 2.26 bits per heavy atom. The lowest BCUT2D eigenvalue weighted by Gasteiger charge is -2.45. The molecule has 3 fully saturated rings. The molecule has 9 heteroatoms. The van der Waals surface area contributed by atoms with Crippen LogP contribution in [0, 0.1) is 10.8 Å². The van der Waals surface area contributed by atoms with Crippen LogP contribution in [0.2, 0.25) is 0 Å². The molecule has 1 aromatic rings. The largest absolute Gasteiger partial charge is 0.464 e. The first-order valence-electron chi connectivity index (χ1n) is 10.9. The van der Waals surface area contributed by atoms with Gasteiger partial charge >= 0.3 is 12.1 Å². The number of esters is 1. The summed E-state index contributed by atoms with van der Waals surface area (Å²) in [6, 6.07) is 0.132. The standard InChI is InChI=1S/C22H31BrN4O4/c1-20(2,3)31-19(29)26-18-21(5-6-21)7-8-22(18)9-11-27(12-10-22)16-15(17(28)30-4)25-14(23)13-24-16/h13,18H,5-12H2,1-4H3,(H,26,29)/t18-/m1/s1. The molecule has 2 aliphatic carbocycles. The summed E-state index contributed by atoms with van der Waals surface area (Å²) >= 11 is 3.29. The molecule has 2 spiro atoms. The van der Waals surface area contributed by atoms with Gasteiger partial charge in [-0.05, 0) is 86.1 Å². The molecule has 170 valence electrons. The van der Waals surface area contributed by atoms with E-state index in [0.29, 0.717) is 10.4 Å². The SMILES string of the molecule is COC(=O)c1nc(Br)cnc1N1CCC2(CC1)CCC1(CC1)[C@H]2NC(=O)OC(C)(C)C. The van der Waals surface area contributed by atoms with E-state index in [0.717, 1.165) is 38.8 Å². The van der Waals surface area contributed by atoms with Gasteiger partial charge in [0.15, 0.2) is 11.5 Å². The normalized spacial score (nSPS) is 23.6. The molecule has 0 bridgehead atoms. The lowest BCUT2D eigenvalue weighted by molar-refractivity contribution is 0.0403. The molecule has 1 N–H and O–H groups in total. The van der Waals surface area contributed by atoms with Crippen LogP contribution in [0.15, 0.2) is 10.8 Å². The van der Waals surface area contributed by atoms with Crippen molar-refractivity contribution in [1.29, 1.82) is 0 Å². The van der Waals surface area contributed by atoms with Crippen molar-refractivity contribution in [3.63, 3.8) is 0 Å². The van der Waals surface area contributed by atoms with Crippen LogP contribution in [0.25, 0.3) is 0 Å². The summed E-state index contributed by atoms with van der Waals surface area (Å²) < 4.78 is 11.0. The average molecular weight is 495 g/mol. The topological polar surface area (TPSA) is 93.6 Å². The molecule has 1 saturated heterocycles. The van der Waals surface area contributed by atoms with E-state index in [9.17, 15) is 9.59 Å². The monoisotopic (exact) mass is 494 g/mol. The minimum atomic E-state index is -0.513. The van der Waals surface area contributed by atoms with Crippen LogP contribution >= 0.6 is 15.9 Å². The minimum absolute atomic E-state index is 0.0537. The Hall–Kier alpha value is -1.90. The first-order valence-corrected chi connectivity index (χ1v) is 11.7. The van der Waals surface area contributed by atoms with Gasteiger partial charge in [0.25, 0.3) is 0 Å². The second-order valence-corrected chi connectivity index (χ2v) is 11.0. The summed E-state index contributed by atoms with van der Waals surface area (Å²) in [5, 5.41) is 3.26. The molecule has 4 rings (SSSR count). The molecular formula is C22H31BrN4O4. The number of aromatic nitrogens is 2. The lowest BCUT2D eigenvalue weighted by atomic mass is 9.72. The molecular weight excluding hydrogens is 464 g/mol. The van der Waals surface area contributed by atoms with E-state index in [1.807, 2.05) is 20.8 Å². The molecule has 1 aromatic heterocycles. The number of nitrogens with one attached hydrogen (secondary N) is 1. The number of piperidine rings is 1. The van der Waals surface area contributed by atoms with Crippen LogP contribution in [0.5, 0.6) is 0 Å². The zero-order chi connectivity index (χ0) is 22.4. The van der Waals surface area contributed by atoms with Crippen molar-refractivity contribution in [2.45, 2.75) is 70.9 Å². The first-order chi connectivity index (χ1) is 14.6. The van der Waals surface area contributed by atoms with Gasteiger partial charge in [0.2, 0.25) is 0 Å². The maximum Gasteiger partial charge on any atom is 0.407 e. The van der Waals surface area contributed by atoms with E-state index in [1.54, 1.807) is 6.20 Å². The Bertz CT molecular complexity index is 873. The lowest BCUT2D eigenvalue weighted by Crippen LogP contribution is -2.54. The quantitative estimate of drug-likeness (QED) is 0.632. The zero-order valence-corrected chi connectivity index (χ0v) is 20.3. The Morgan fingerprint density at radius 1 is 1.13 bits per heavy atom. The van der Waals surface area contributed by atoms with Gasteiger partial charge < -0.3 is 19.7 Å². The summed E-state index contributed by atoms with van der Waals surface area (Å²) in [4.78, 5) is 35.7. The summed E-state index contributed by atoms with van der Waals surface area (Å²) in [7, 11) is 1.35. The highest BCUT2D eigenvalue weighted by Gasteiger charge is 2.63. The Morgan fingerprint density at radius 2 is 1.71 bits per heavy atom. The van der Waals surface area contributed by atoms with Crippen LogP contribution in [-0.4, -0.2) is 53.9 Å². The number of amides is 1. The van der Waals surface area contributed by atoms with Crippen molar-refractivity contribution in [3.05, 3.63) is 16.5 Å². The number of anilines is 1. The Labute approximate surface area is 191 Å². The van der Waals surface area contributed by atoms with Crippen molar-refractivity contribution in [2.75, 3.05) is 25.1 Å². The van der Waals surface area contributed by atoms with Gasteiger partial charge in [-0.2, -0.15) is 0 Å². The fourth-order valence-corrected chi connectivity index (χ4v) is 5.68. The van der Waals surface area contributed by atoms with E-state index < -0.39 is 11.6 Å². The molecule has 2 saturated carbocycles. The second kappa shape index (κ2) is 7.90. The predicted octanol–water partition coefficient (Wildman–Crippen LogP) is 4.08. The van der Waals surface area contributed by atoms with Gasteiger partial charge in [0, 0.05) is 19.1 Å². The van der Waals surface area contributed by atoms with Gasteiger partial charge in [-0.3, -0.25) is 0 Å². The third kappa shape index (κ3) is 4.38. The van der Waals surface area contributed by atoms with Crippen LogP contribution < -0.4 is 10.2 Å². The third-order valence-electron chi connectivity index (χ3n) is 7.06. The van der Waals surface area contributed by atoms with E-state index in [-0.39, 0.29) is 28.7 Å². The average Bonchev–Trinajstić information content (AvgIpc) is 3.44. The zero-order valence-electron chi connectivity index (χ0n) is 18.7. The summed E-state index contributed by atoms with van der Waals surface area (Å²) in [5.41, 5.74) is -0.00644. The number of ether oxygens (including phenoxy) is 2. The number of halogens is 1. The van der Waals surface area contributed by atoms with E-state index in [2.05, 4.69) is 36.1 Å². The molecule has 2 heterocycles. The number of carbonyl (C=O) groups is 2. The summed E-state index contributed by atoms with van der Waals surface area (Å²) in [5.74, 6) is 0.0621. The van der Waals surface area contributed by atoms with E-state index in [1.165, 1.54) is 20.0 Å². The summed E-state index contributed by atoms with van der Waals surface area (Å²) in [6.45, 7) is 7.17. The van der Waals surface area contributed by atoms with Crippen molar-refractivity contribution in [1.82, 2.24) is 15.3 Å². The van der Waals surface area contributed by atoms with Gasteiger partial charge in [-0.1, -0.05) is 0 Å². The van der Waals surface area contributed by atoms with Crippen LogP contribution in [-0.2, 0) is 9.47 Å². The number of carbonyl (C=O) groups excluding carboxylic acids is 2. The highest BCUT2D eigenvalue weighted by atomic mass is 79.9. The van der Waals surface area contributed by atoms with Gasteiger partial charge in [-0.25, -0.2) is 19.6 Å². The fourth-order valence-electron chi connectivity index (χ4n) is 5.40. The minimum Gasteiger partial charge on any atom is -0.464 e. The van der Waals surface area contributed by atoms with Crippen LogP contribution in [0.3, 0.4) is 0 Å². The number of methoxy groups -OCH3 is 1. The molecule has 3 aliphatic rings. The molecule has 1 amide bonds. The number of alkyl carbamates (subject to hydrolysis) is 1. The van der Waals surface area contributed by atoms with Gasteiger partial charge in [0.1, 0.15) is 10.2 Å². The number of hydrogen-bond acceptors (Lipinski definition) is 7. The summed E-state index contributed by atoms with van der Waals surface area (Å²) in [6.07, 6.45) is 7.73. The number of hydrogen-bond donors (Lipinski definition) is 1. The highest BCUT2D eigenvalue weighted by molar-refractivity contribution is 9.10. The van der Waals surface area contributed by atoms with Crippen molar-refractivity contribution in [2.24, 2.45) is 10.8 Å². The molecule has 0 unspecified atom stereocenters. The van der Waals surface area contributed by atoms with Gasteiger partial charge in [-0.15, -0.1) is 0 Å². The third-order valence-corrected chi connectivity index (χ3v) is 7.44. The second-order valence-electron chi connectivity index (χ2n) is 10.1. The first kappa shape index (κ1) is 22.3. The van der Waals surface area contributed by atoms with E-state index >= 15 is 0 Å². The van der Waals surface area contributed by atoms with Gasteiger partial charge in [0.05, 0.1) is 13.3 Å². The van der Waals surface area contributed by atoms with E-state index in [4.69, 9.17) is 9.47 Å². The Kier molecular flexibility index (Phi) is 5.69. The molecule has 1 aliphatic heterocycles. The number of nitrogens with zero attached hydrogens (tertiary/aromatic N) is 3. The molecule has 0 radical (unpaired) electrons. The number of rotatable bonds is 3. The van der Waals surface area contributed by atoms with Crippen LogP contribution in [0.4, 0.5) is 10.6 Å². The highest BCUT2D eigenvalue weighted by Crippen LogP contribution is 2.66. The Balaban J connectivity index is 1.50. The molecule has 1 atom stereocenters. The molecule has 31 heavy (non-hydrogen) atoms. The molecule has 8 nitrogen and oxygen atoms in total. The van der Waals surface area contributed by atoms with Crippen molar-refractivity contribution < 1.29 is 19.1 Å². The fraction of sp³-hybridized carbons (Fsp3) is 0.727. The maximum absolute atomic E-state index is 12.6. The predicted molar refractivity (Wildman–Crippen MR) is 119 cm³/mol. The van der Waals surface area contributed by atoms with Crippen molar-refractivity contribution in [3.8, 4) is 0 Å². The molecule has 0 aromatic carbocycles. The maximum atomic E-state index is 12.6. The van der Waals surface area contributed by atoms with Crippen molar-refractivity contribution >= 4 is 33.8 Å².